The van der Waals surface area contributed by atoms with Crippen LogP contribution in [0.15, 0.2) is 35.3 Å². The summed E-state index contributed by atoms with van der Waals surface area (Å²) < 4.78 is 0. The Labute approximate surface area is 87.2 Å². The highest BCUT2D eigenvalue weighted by Gasteiger charge is 1.95. The highest BCUT2D eigenvalue weighted by atomic mass is 32.1. The van der Waals surface area contributed by atoms with Gasteiger partial charge in [-0.25, -0.2) is 5.84 Å². The summed E-state index contributed by atoms with van der Waals surface area (Å²) in [4.78, 5) is 3.77. The lowest BCUT2D eigenvalue weighted by molar-refractivity contribution is 1.01. The smallest absolute Gasteiger partial charge is 0.210 e. The molecule has 1 rings (SSSR count). The lowest BCUT2D eigenvalue weighted by Crippen LogP contribution is -2.38. The van der Waals surface area contributed by atoms with Gasteiger partial charge in [0.1, 0.15) is 0 Å². The maximum atomic E-state index is 5.31. The first-order valence-electron chi connectivity index (χ1n) is 3.89. The third-order valence-corrected chi connectivity index (χ3v) is 1.59. The molecule has 0 spiro atoms. The van der Waals surface area contributed by atoms with Crippen LogP contribution in [0.1, 0.15) is 0 Å². The number of rotatable bonds is 1. The first kappa shape index (κ1) is 10.4. The molecule has 5 nitrogen and oxygen atoms in total. The Morgan fingerprint density at radius 1 is 1.29 bits per heavy atom. The molecule has 0 atom stereocenters. The number of hydrazine groups is 1. The second-order valence-electron chi connectivity index (χ2n) is 2.44. The van der Waals surface area contributed by atoms with Crippen LogP contribution in [0, 0.1) is 0 Å². The number of nitrogens with two attached hydrogens (primary N) is 2. The molecule has 6 N–H and O–H groups in total. The van der Waals surface area contributed by atoms with Gasteiger partial charge in [0.2, 0.25) is 11.1 Å². The third kappa shape index (κ3) is 3.38. The van der Waals surface area contributed by atoms with Crippen molar-refractivity contribution in [2.75, 3.05) is 5.32 Å². The number of guanidine groups is 1. The van der Waals surface area contributed by atoms with Crippen LogP contribution in [0.25, 0.3) is 0 Å². The molecule has 0 aliphatic heterocycles. The van der Waals surface area contributed by atoms with Crippen molar-refractivity contribution in [1.82, 2.24) is 5.43 Å². The summed E-state index contributed by atoms with van der Waals surface area (Å²) in [5.41, 5.74) is 8.35. The molecule has 0 heterocycles. The minimum atomic E-state index is 0.0680. The molecule has 0 unspecified atom stereocenters. The Balaban J connectivity index is 2.58. The highest BCUT2D eigenvalue weighted by Crippen LogP contribution is 2.04. The van der Waals surface area contributed by atoms with Gasteiger partial charge in [0.15, 0.2) is 0 Å². The summed E-state index contributed by atoms with van der Waals surface area (Å²) in [6, 6.07) is 9.42. The van der Waals surface area contributed by atoms with Gasteiger partial charge in [0, 0.05) is 5.69 Å². The van der Waals surface area contributed by atoms with Crippen molar-refractivity contribution in [3.63, 3.8) is 0 Å². The zero-order valence-corrected chi connectivity index (χ0v) is 8.21. The average molecular weight is 209 g/mol. The van der Waals surface area contributed by atoms with E-state index in [4.69, 9.17) is 23.8 Å². The molecular formula is C8H11N5S. The molecule has 0 amide bonds. The number of nitrogens with one attached hydrogen (secondary N) is 2. The Kier molecular flexibility index (Phi) is 3.84. The van der Waals surface area contributed by atoms with Gasteiger partial charge in [0.05, 0.1) is 0 Å². The Morgan fingerprint density at radius 3 is 2.50 bits per heavy atom. The number of benzene rings is 1. The maximum Gasteiger partial charge on any atom is 0.210 e. The molecule has 0 fully saturated rings. The van der Waals surface area contributed by atoms with Crippen LogP contribution in [-0.2, 0) is 0 Å². The monoisotopic (exact) mass is 209 g/mol. The molecule has 0 bridgehead atoms. The van der Waals surface area contributed by atoms with Crippen LogP contribution in [0.5, 0.6) is 0 Å². The molecule has 0 saturated carbocycles. The molecule has 0 aromatic heterocycles. The number of hydrogen-bond acceptors (Lipinski definition) is 2. The molecular weight excluding hydrogens is 198 g/mol. The fourth-order valence-corrected chi connectivity index (χ4v) is 1.03. The van der Waals surface area contributed by atoms with Crippen molar-refractivity contribution < 1.29 is 0 Å². The lowest BCUT2D eigenvalue weighted by Gasteiger charge is -2.03. The molecule has 0 aliphatic carbocycles. The van der Waals surface area contributed by atoms with E-state index < -0.39 is 0 Å². The van der Waals surface area contributed by atoms with Crippen LogP contribution >= 0.6 is 12.2 Å². The summed E-state index contributed by atoms with van der Waals surface area (Å²) in [5, 5.41) is 3.13. The predicted molar refractivity (Wildman–Crippen MR) is 61.6 cm³/mol. The Bertz CT molecular complexity index is 335. The van der Waals surface area contributed by atoms with Crippen molar-refractivity contribution in [1.29, 1.82) is 0 Å². The number of nitrogens with zero attached hydrogens (tertiary/aromatic N) is 1. The van der Waals surface area contributed by atoms with E-state index in [1.54, 1.807) is 0 Å². The standard InChI is InChI=1S/C8H11N5S/c9-7(13-10)12-8(14)11-6-4-2-1-3-5-6/h1-5H,10H2,(H4,9,11,12,13,14). The first-order chi connectivity index (χ1) is 6.72. The third-order valence-electron chi connectivity index (χ3n) is 1.39. The van der Waals surface area contributed by atoms with Gasteiger partial charge >= 0.3 is 0 Å². The topological polar surface area (TPSA) is 88.5 Å². The quantitative estimate of drug-likeness (QED) is 0.174. The van der Waals surface area contributed by atoms with Crippen molar-refractivity contribution in [3.8, 4) is 0 Å². The number of anilines is 1. The number of para-hydroxylation sites is 1. The lowest BCUT2D eigenvalue weighted by atomic mass is 10.3. The molecule has 0 saturated heterocycles. The zero-order valence-electron chi connectivity index (χ0n) is 7.40. The van der Waals surface area contributed by atoms with Crippen LogP contribution in [0.4, 0.5) is 5.69 Å². The molecule has 6 heteroatoms. The van der Waals surface area contributed by atoms with Crippen LogP contribution in [0.3, 0.4) is 0 Å². The summed E-state index contributed by atoms with van der Waals surface area (Å²) >= 11 is 4.90. The van der Waals surface area contributed by atoms with Gasteiger partial charge in [-0.2, -0.15) is 4.99 Å². The number of thiocarbonyl (C=S) groups is 1. The Hall–Kier alpha value is -1.66. The number of aliphatic imine (C=N–C) groups is 1. The minimum Gasteiger partial charge on any atom is -0.369 e. The fourth-order valence-electron chi connectivity index (χ4n) is 0.815. The van der Waals surface area contributed by atoms with Crippen LogP contribution in [0.2, 0.25) is 0 Å². The fraction of sp³-hybridized carbons (Fsp3) is 0. The van der Waals surface area contributed by atoms with Crippen molar-refractivity contribution in [3.05, 3.63) is 30.3 Å². The molecule has 1 aromatic rings. The normalized spacial score (nSPS) is 10.8. The highest BCUT2D eigenvalue weighted by molar-refractivity contribution is 7.80. The van der Waals surface area contributed by atoms with E-state index in [1.165, 1.54) is 0 Å². The van der Waals surface area contributed by atoms with E-state index in [1.807, 2.05) is 30.3 Å². The van der Waals surface area contributed by atoms with Gasteiger partial charge in [0.25, 0.3) is 0 Å². The zero-order chi connectivity index (χ0) is 10.4. The molecule has 1 aromatic carbocycles. The van der Waals surface area contributed by atoms with E-state index in [9.17, 15) is 0 Å². The first-order valence-corrected chi connectivity index (χ1v) is 4.30. The van der Waals surface area contributed by atoms with E-state index in [0.717, 1.165) is 5.69 Å². The second kappa shape index (κ2) is 5.15. The average Bonchev–Trinajstić information content (AvgIpc) is 2.19. The molecule has 74 valence electrons. The summed E-state index contributed by atoms with van der Waals surface area (Å²) in [6.07, 6.45) is 0. The van der Waals surface area contributed by atoms with Crippen molar-refractivity contribution in [2.24, 2.45) is 16.6 Å². The summed E-state index contributed by atoms with van der Waals surface area (Å²) in [6.45, 7) is 0. The SMILES string of the molecule is NN/C(N)=N/C(=S)Nc1ccccc1. The predicted octanol–water partition coefficient (Wildman–Crippen LogP) is 0.161. The second-order valence-corrected chi connectivity index (χ2v) is 2.82. The van der Waals surface area contributed by atoms with Gasteiger partial charge in [-0.15, -0.1) is 0 Å². The van der Waals surface area contributed by atoms with Gasteiger partial charge in [-0.3, -0.25) is 5.43 Å². The van der Waals surface area contributed by atoms with Gasteiger partial charge < -0.3 is 11.1 Å². The minimum absolute atomic E-state index is 0.0680. The molecule has 0 radical (unpaired) electrons. The van der Waals surface area contributed by atoms with E-state index in [0.29, 0.717) is 0 Å². The molecule has 14 heavy (non-hydrogen) atoms. The van der Waals surface area contributed by atoms with E-state index >= 15 is 0 Å². The summed E-state index contributed by atoms with van der Waals surface area (Å²) in [5.74, 6) is 5.09. The van der Waals surface area contributed by atoms with E-state index in [-0.39, 0.29) is 11.1 Å². The van der Waals surface area contributed by atoms with E-state index in [2.05, 4.69) is 15.7 Å². The molecule has 0 aliphatic rings. The van der Waals surface area contributed by atoms with Crippen LogP contribution in [-0.4, -0.2) is 11.1 Å². The van der Waals surface area contributed by atoms with Crippen LogP contribution < -0.4 is 22.3 Å². The maximum absolute atomic E-state index is 5.31. The largest absolute Gasteiger partial charge is 0.369 e. The Morgan fingerprint density at radius 2 is 1.93 bits per heavy atom. The van der Waals surface area contributed by atoms with Gasteiger partial charge in [-0.1, -0.05) is 18.2 Å². The number of hydrogen-bond donors (Lipinski definition) is 4. The van der Waals surface area contributed by atoms with Crippen molar-refractivity contribution in [2.45, 2.75) is 0 Å². The van der Waals surface area contributed by atoms with Crippen molar-refractivity contribution >= 4 is 29.0 Å². The summed E-state index contributed by atoms with van der Waals surface area (Å²) in [7, 11) is 0. The van der Waals surface area contributed by atoms with Gasteiger partial charge in [-0.05, 0) is 24.4 Å².